The Kier molecular flexibility index (Phi) is 6.39. The average Bonchev–Trinajstić information content (AvgIpc) is 3.53. The van der Waals surface area contributed by atoms with E-state index in [0.29, 0.717) is 5.75 Å². The van der Waals surface area contributed by atoms with Crippen LogP contribution in [0.3, 0.4) is 0 Å². The van der Waals surface area contributed by atoms with Crippen molar-refractivity contribution >= 4 is 0 Å². The number of rotatable bonds is 5. The summed E-state index contributed by atoms with van der Waals surface area (Å²) in [7, 11) is 0. The number of pyridine rings is 1. The molecule has 2 aromatic rings. The molecule has 2 fully saturated rings. The van der Waals surface area contributed by atoms with Crippen LogP contribution in [0.5, 0.6) is 5.75 Å². The molecule has 4 heteroatoms. The van der Waals surface area contributed by atoms with Crippen molar-refractivity contribution in [1.29, 1.82) is 0 Å². The van der Waals surface area contributed by atoms with Gasteiger partial charge in [0.25, 0.3) is 0 Å². The Balaban J connectivity index is 1.74. The van der Waals surface area contributed by atoms with Crippen LogP contribution in [-0.4, -0.2) is 52.6 Å². The quantitative estimate of drug-likeness (QED) is 0.673. The molecular formula is C28H41N3O. The lowest BCUT2D eigenvalue weighted by Crippen LogP contribution is -2.48. The maximum Gasteiger partial charge on any atom is 0.123 e. The van der Waals surface area contributed by atoms with Gasteiger partial charge in [-0.05, 0) is 70.5 Å². The summed E-state index contributed by atoms with van der Waals surface area (Å²) in [5, 5.41) is 11.2. The van der Waals surface area contributed by atoms with Crippen molar-refractivity contribution in [3.05, 3.63) is 58.9 Å². The van der Waals surface area contributed by atoms with Gasteiger partial charge in [0.1, 0.15) is 5.75 Å². The van der Waals surface area contributed by atoms with Crippen LogP contribution in [0.25, 0.3) is 0 Å². The van der Waals surface area contributed by atoms with Crippen LogP contribution in [0.15, 0.2) is 36.5 Å². The Labute approximate surface area is 194 Å². The normalized spacial score (nSPS) is 19.8. The highest BCUT2D eigenvalue weighted by Gasteiger charge is 2.33. The standard InChI is InChI=1S/C28H41N3O/c1-27(2,3)22-17-21(18-23(26(22)32)28(4,5)6)25(24-9-7-8-12-29-24)31-15-13-30(14-16-31)19-20-10-11-20/h7-9,12,17-18,20,25,32H,10-11,13-16,19H2,1-6H3. The molecule has 2 heterocycles. The van der Waals surface area contributed by atoms with Gasteiger partial charge < -0.3 is 10.0 Å². The molecule has 1 aromatic carbocycles. The zero-order valence-corrected chi connectivity index (χ0v) is 20.9. The molecule has 0 amide bonds. The Morgan fingerprint density at radius 2 is 1.53 bits per heavy atom. The van der Waals surface area contributed by atoms with E-state index < -0.39 is 0 Å². The SMILES string of the molecule is CC(C)(C)c1cc(C(c2ccccn2)N2CCN(CC3CC3)CC2)cc(C(C)(C)C)c1O. The minimum atomic E-state index is -0.141. The maximum atomic E-state index is 11.2. The van der Waals surface area contributed by atoms with E-state index in [9.17, 15) is 5.11 Å². The number of piperazine rings is 1. The highest BCUT2D eigenvalue weighted by atomic mass is 16.3. The Hall–Kier alpha value is -1.91. The first kappa shape index (κ1) is 23.3. The predicted molar refractivity (Wildman–Crippen MR) is 132 cm³/mol. The average molecular weight is 436 g/mol. The van der Waals surface area contributed by atoms with Crippen molar-refractivity contribution in [1.82, 2.24) is 14.8 Å². The molecule has 1 unspecified atom stereocenters. The highest BCUT2D eigenvalue weighted by Crippen LogP contribution is 2.42. The van der Waals surface area contributed by atoms with E-state index in [2.05, 4.69) is 75.6 Å². The van der Waals surface area contributed by atoms with Gasteiger partial charge >= 0.3 is 0 Å². The van der Waals surface area contributed by atoms with E-state index in [0.717, 1.165) is 48.9 Å². The molecular weight excluding hydrogens is 394 g/mol. The third-order valence-corrected chi connectivity index (χ3v) is 7.02. The number of hydrogen-bond acceptors (Lipinski definition) is 4. The number of phenolic OH excluding ortho intramolecular Hbond substituents is 1. The molecule has 174 valence electrons. The summed E-state index contributed by atoms with van der Waals surface area (Å²) in [4.78, 5) is 10.0. The summed E-state index contributed by atoms with van der Waals surface area (Å²) in [5.41, 5.74) is 4.09. The van der Waals surface area contributed by atoms with E-state index >= 15 is 0 Å². The fourth-order valence-corrected chi connectivity index (χ4v) is 4.93. The zero-order chi connectivity index (χ0) is 23.1. The molecule has 4 rings (SSSR count). The number of benzene rings is 1. The third-order valence-electron chi connectivity index (χ3n) is 7.02. The predicted octanol–water partition coefficient (Wildman–Crippen LogP) is 5.50. The van der Waals surface area contributed by atoms with Gasteiger partial charge in [0, 0.05) is 38.9 Å². The first-order chi connectivity index (χ1) is 15.0. The minimum Gasteiger partial charge on any atom is -0.507 e. The van der Waals surface area contributed by atoms with Gasteiger partial charge in [-0.15, -0.1) is 0 Å². The second kappa shape index (κ2) is 8.79. The van der Waals surface area contributed by atoms with Gasteiger partial charge in [-0.25, -0.2) is 0 Å². The molecule has 1 atom stereocenters. The molecule has 0 spiro atoms. The Morgan fingerprint density at radius 1 is 0.938 bits per heavy atom. The van der Waals surface area contributed by atoms with Crippen LogP contribution in [0.4, 0.5) is 0 Å². The van der Waals surface area contributed by atoms with Crippen LogP contribution >= 0.6 is 0 Å². The lowest BCUT2D eigenvalue weighted by Gasteiger charge is -2.40. The van der Waals surface area contributed by atoms with Crippen LogP contribution in [0, 0.1) is 5.92 Å². The smallest absolute Gasteiger partial charge is 0.123 e. The fraction of sp³-hybridized carbons (Fsp3) is 0.607. The maximum absolute atomic E-state index is 11.2. The summed E-state index contributed by atoms with van der Waals surface area (Å²) in [6.45, 7) is 18.7. The summed E-state index contributed by atoms with van der Waals surface area (Å²) >= 11 is 0. The monoisotopic (exact) mass is 435 g/mol. The largest absolute Gasteiger partial charge is 0.507 e. The number of nitrogens with zero attached hydrogens (tertiary/aromatic N) is 3. The molecule has 4 nitrogen and oxygen atoms in total. The summed E-state index contributed by atoms with van der Waals surface area (Å²) in [6, 6.07) is 10.8. The number of aromatic nitrogens is 1. The van der Waals surface area contributed by atoms with Crippen LogP contribution in [-0.2, 0) is 10.8 Å². The second-order valence-corrected chi connectivity index (χ2v) is 11.9. The van der Waals surface area contributed by atoms with E-state index in [1.54, 1.807) is 0 Å². The van der Waals surface area contributed by atoms with Crippen molar-refractivity contribution in [2.75, 3.05) is 32.7 Å². The van der Waals surface area contributed by atoms with Crippen molar-refractivity contribution in [2.24, 2.45) is 5.92 Å². The van der Waals surface area contributed by atoms with Crippen LogP contribution in [0.2, 0.25) is 0 Å². The highest BCUT2D eigenvalue weighted by molar-refractivity contribution is 5.51. The van der Waals surface area contributed by atoms with Gasteiger partial charge in [-0.2, -0.15) is 0 Å². The zero-order valence-electron chi connectivity index (χ0n) is 20.9. The molecule has 1 N–H and O–H groups in total. The molecule has 2 aliphatic rings. The second-order valence-electron chi connectivity index (χ2n) is 11.9. The third kappa shape index (κ3) is 5.18. The van der Waals surface area contributed by atoms with E-state index in [4.69, 9.17) is 4.98 Å². The molecule has 0 radical (unpaired) electrons. The Bertz CT molecular complexity index is 879. The molecule has 1 saturated heterocycles. The van der Waals surface area contributed by atoms with Crippen molar-refractivity contribution in [2.45, 2.75) is 71.3 Å². The van der Waals surface area contributed by atoms with Crippen molar-refractivity contribution in [3.63, 3.8) is 0 Å². The minimum absolute atomic E-state index is 0.0991. The van der Waals surface area contributed by atoms with Crippen LogP contribution < -0.4 is 0 Å². The van der Waals surface area contributed by atoms with E-state index in [1.807, 2.05) is 12.3 Å². The summed E-state index contributed by atoms with van der Waals surface area (Å²) < 4.78 is 0. The van der Waals surface area contributed by atoms with Gasteiger partial charge in [-0.3, -0.25) is 9.88 Å². The van der Waals surface area contributed by atoms with Crippen molar-refractivity contribution in [3.8, 4) is 5.75 Å². The number of aromatic hydroxyl groups is 1. The number of phenols is 1. The first-order valence-corrected chi connectivity index (χ1v) is 12.3. The molecule has 32 heavy (non-hydrogen) atoms. The lowest BCUT2D eigenvalue weighted by molar-refractivity contribution is 0.105. The van der Waals surface area contributed by atoms with E-state index in [1.165, 1.54) is 24.9 Å². The van der Waals surface area contributed by atoms with Crippen molar-refractivity contribution < 1.29 is 5.11 Å². The molecule has 0 bridgehead atoms. The molecule has 1 aliphatic heterocycles. The molecule has 1 aliphatic carbocycles. The van der Waals surface area contributed by atoms with Gasteiger partial charge in [0.15, 0.2) is 0 Å². The topological polar surface area (TPSA) is 39.6 Å². The molecule has 1 aromatic heterocycles. The van der Waals surface area contributed by atoms with Crippen LogP contribution in [0.1, 0.15) is 82.8 Å². The van der Waals surface area contributed by atoms with Gasteiger partial charge in [0.2, 0.25) is 0 Å². The van der Waals surface area contributed by atoms with Gasteiger partial charge in [-0.1, -0.05) is 47.6 Å². The molecule has 1 saturated carbocycles. The first-order valence-electron chi connectivity index (χ1n) is 12.3. The Morgan fingerprint density at radius 3 is 2.00 bits per heavy atom. The lowest BCUT2D eigenvalue weighted by atomic mass is 9.77. The van der Waals surface area contributed by atoms with Gasteiger partial charge in [0.05, 0.1) is 11.7 Å². The summed E-state index contributed by atoms with van der Waals surface area (Å²) in [6.07, 6.45) is 4.73. The summed E-state index contributed by atoms with van der Waals surface area (Å²) in [5.74, 6) is 1.39. The fourth-order valence-electron chi connectivity index (χ4n) is 4.93. The van der Waals surface area contributed by atoms with E-state index in [-0.39, 0.29) is 16.9 Å². The number of hydrogen-bond donors (Lipinski definition) is 1.